The average molecular weight is 330 g/mol. The molecule has 1 heterocycles. The predicted molar refractivity (Wildman–Crippen MR) is 75.4 cm³/mol. The van der Waals surface area contributed by atoms with Gasteiger partial charge in [-0.2, -0.15) is 0 Å². The van der Waals surface area contributed by atoms with Crippen molar-refractivity contribution in [2.45, 2.75) is 13.5 Å². The molecule has 0 aliphatic heterocycles. The Morgan fingerprint density at radius 2 is 2.22 bits per heavy atom. The van der Waals surface area contributed by atoms with Crippen LogP contribution < -0.4 is 5.32 Å². The van der Waals surface area contributed by atoms with Crippen LogP contribution in [-0.2, 0) is 6.54 Å². The van der Waals surface area contributed by atoms with Crippen LogP contribution in [0.3, 0.4) is 0 Å². The molecule has 18 heavy (non-hydrogen) atoms. The van der Waals surface area contributed by atoms with Crippen LogP contribution in [0.15, 0.2) is 35.1 Å². The largest absolute Gasteiger partial charge is 0.381 e. The molecular formula is C13H11BrClFN2. The highest BCUT2D eigenvalue weighted by atomic mass is 79.9. The van der Waals surface area contributed by atoms with E-state index in [2.05, 4.69) is 26.2 Å². The molecule has 0 aliphatic rings. The zero-order valence-corrected chi connectivity index (χ0v) is 12.0. The van der Waals surface area contributed by atoms with Gasteiger partial charge in [-0.3, -0.25) is 4.98 Å². The Hall–Kier alpha value is -1.13. The maximum atomic E-state index is 13.3. The van der Waals surface area contributed by atoms with E-state index in [4.69, 9.17) is 11.6 Å². The third kappa shape index (κ3) is 3.00. The van der Waals surface area contributed by atoms with Crippen LogP contribution in [0.25, 0.3) is 0 Å². The fraction of sp³-hybridized carbons (Fsp3) is 0.154. The van der Waals surface area contributed by atoms with Gasteiger partial charge in [0, 0.05) is 24.6 Å². The molecule has 5 heteroatoms. The van der Waals surface area contributed by atoms with Crippen molar-refractivity contribution in [3.63, 3.8) is 0 Å². The van der Waals surface area contributed by atoms with Gasteiger partial charge >= 0.3 is 0 Å². The first-order valence-electron chi connectivity index (χ1n) is 5.36. The van der Waals surface area contributed by atoms with E-state index in [-0.39, 0.29) is 5.82 Å². The Bertz CT molecular complexity index is 575. The van der Waals surface area contributed by atoms with E-state index >= 15 is 0 Å². The average Bonchev–Trinajstić information content (AvgIpc) is 2.34. The van der Waals surface area contributed by atoms with Gasteiger partial charge in [-0.1, -0.05) is 11.6 Å². The lowest BCUT2D eigenvalue weighted by atomic mass is 10.2. The smallest absolute Gasteiger partial charge is 0.137 e. The number of benzene rings is 1. The molecule has 0 saturated heterocycles. The highest BCUT2D eigenvalue weighted by Crippen LogP contribution is 2.25. The first-order chi connectivity index (χ1) is 8.58. The molecule has 1 aromatic heterocycles. The fourth-order valence-electron chi connectivity index (χ4n) is 1.57. The van der Waals surface area contributed by atoms with E-state index in [1.54, 1.807) is 18.5 Å². The molecular weight excluding hydrogens is 319 g/mol. The number of aromatic nitrogens is 1. The first-order valence-corrected chi connectivity index (χ1v) is 6.53. The van der Waals surface area contributed by atoms with Crippen LogP contribution in [0, 0.1) is 12.7 Å². The van der Waals surface area contributed by atoms with Gasteiger partial charge in [0.2, 0.25) is 0 Å². The van der Waals surface area contributed by atoms with Crippen LogP contribution >= 0.6 is 27.5 Å². The Morgan fingerprint density at radius 1 is 1.44 bits per heavy atom. The molecule has 94 valence electrons. The van der Waals surface area contributed by atoms with Crippen molar-refractivity contribution in [1.82, 2.24) is 4.98 Å². The van der Waals surface area contributed by atoms with E-state index in [9.17, 15) is 4.39 Å². The zero-order chi connectivity index (χ0) is 13.1. The van der Waals surface area contributed by atoms with Crippen molar-refractivity contribution in [1.29, 1.82) is 0 Å². The summed E-state index contributed by atoms with van der Waals surface area (Å²) in [5.41, 5.74) is 2.67. The SMILES string of the molecule is Cc1cc(F)c(Br)cc1NCc1ccncc1Cl. The molecule has 1 aromatic carbocycles. The standard InChI is InChI=1S/C13H11BrClFN2/c1-8-4-12(16)10(14)5-13(8)18-6-9-2-3-17-7-11(9)15/h2-5,7,18H,6H2,1H3. The second-order valence-electron chi connectivity index (χ2n) is 3.90. The van der Waals surface area contributed by atoms with Crippen molar-refractivity contribution < 1.29 is 4.39 Å². The first kappa shape index (κ1) is 13.3. The summed E-state index contributed by atoms with van der Waals surface area (Å²) in [5, 5.41) is 3.84. The Morgan fingerprint density at radius 3 is 2.94 bits per heavy atom. The lowest BCUT2D eigenvalue weighted by Gasteiger charge is -2.11. The fourth-order valence-corrected chi connectivity index (χ4v) is 2.10. The Balaban J connectivity index is 2.16. The summed E-state index contributed by atoms with van der Waals surface area (Å²) in [7, 11) is 0. The van der Waals surface area contributed by atoms with Crippen molar-refractivity contribution in [2.75, 3.05) is 5.32 Å². The summed E-state index contributed by atoms with van der Waals surface area (Å²) in [5.74, 6) is -0.264. The summed E-state index contributed by atoms with van der Waals surface area (Å²) in [6.07, 6.45) is 3.29. The van der Waals surface area contributed by atoms with Gasteiger partial charge in [0.15, 0.2) is 0 Å². The number of hydrogen-bond acceptors (Lipinski definition) is 2. The molecule has 0 radical (unpaired) electrons. The number of nitrogens with one attached hydrogen (secondary N) is 1. The number of nitrogens with zero attached hydrogens (tertiary/aromatic N) is 1. The van der Waals surface area contributed by atoms with Crippen LogP contribution in [0.2, 0.25) is 5.02 Å². The van der Waals surface area contributed by atoms with E-state index in [1.807, 2.05) is 13.0 Å². The van der Waals surface area contributed by atoms with Gasteiger partial charge in [-0.15, -0.1) is 0 Å². The van der Waals surface area contributed by atoms with E-state index in [1.165, 1.54) is 6.07 Å². The quantitative estimate of drug-likeness (QED) is 0.893. The minimum atomic E-state index is -0.264. The molecule has 0 atom stereocenters. The molecule has 2 aromatic rings. The van der Waals surface area contributed by atoms with Crippen LogP contribution in [0.5, 0.6) is 0 Å². The molecule has 1 N–H and O–H groups in total. The van der Waals surface area contributed by atoms with Crippen LogP contribution in [-0.4, -0.2) is 4.98 Å². The number of rotatable bonds is 3. The summed E-state index contributed by atoms with van der Waals surface area (Å²) < 4.78 is 13.7. The lowest BCUT2D eigenvalue weighted by Crippen LogP contribution is -2.02. The summed E-state index contributed by atoms with van der Waals surface area (Å²) in [6.45, 7) is 2.42. The zero-order valence-electron chi connectivity index (χ0n) is 9.67. The van der Waals surface area contributed by atoms with Gasteiger partial charge < -0.3 is 5.32 Å². The molecule has 0 amide bonds. The molecule has 0 unspecified atom stereocenters. The Kier molecular flexibility index (Phi) is 4.19. The lowest BCUT2D eigenvalue weighted by molar-refractivity contribution is 0.620. The normalized spacial score (nSPS) is 10.4. The third-order valence-electron chi connectivity index (χ3n) is 2.59. The van der Waals surface area contributed by atoms with E-state index < -0.39 is 0 Å². The van der Waals surface area contributed by atoms with Gasteiger partial charge in [-0.05, 0) is 52.2 Å². The molecule has 0 spiro atoms. The number of halogens is 3. The van der Waals surface area contributed by atoms with Gasteiger partial charge in [0.1, 0.15) is 5.82 Å². The van der Waals surface area contributed by atoms with Crippen LogP contribution in [0.4, 0.5) is 10.1 Å². The van der Waals surface area contributed by atoms with Crippen LogP contribution in [0.1, 0.15) is 11.1 Å². The minimum Gasteiger partial charge on any atom is -0.381 e. The van der Waals surface area contributed by atoms with Crippen molar-refractivity contribution in [3.8, 4) is 0 Å². The molecule has 2 rings (SSSR count). The summed E-state index contributed by atoms with van der Waals surface area (Å²) in [6, 6.07) is 5.06. The second-order valence-corrected chi connectivity index (χ2v) is 5.16. The molecule has 0 saturated carbocycles. The van der Waals surface area contributed by atoms with E-state index in [0.29, 0.717) is 16.0 Å². The minimum absolute atomic E-state index is 0.264. The molecule has 0 aliphatic carbocycles. The van der Waals surface area contributed by atoms with Crippen molar-refractivity contribution >= 4 is 33.2 Å². The molecule has 0 bridgehead atoms. The number of pyridine rings is 1. The third-order valence-corrected chi connectivity index (χ3v) is 3.54. The number of hydrogen-bond donors (Lipinski definition) is 1. The van der Waals surface area contributed by atoms with Gasteiger partial charge in [0.05, 0.1) is 9.50 Å². The topological polar surface area (TPSA) is 24.9 Å². The second kappa shape index (κ2) is 5.67. The van der Waals surface area contributed by atoms with E-state index in [0.717, 1.165) is 16.8 Å². The molecule has 2 nitrogen and oxygen atoms in total. The number of aryl methyl sites for hydroxylation is 1. The predicted octanol–water partition coefficient (Wildman–Crippen LogP) is 4.56. The van der Waals surface area contributed by atoms with Gasteiger partial charge in [0.25, 0.3) is 0 Å². The maximum absolute atomic E-state index is 13.3. The maximum Gasteiger partial charge on any atom is 0.137 e. The Labute approximate surface area is 118 Å². The van der Waals surface area contributed by atoms with Crippen molar-refractivity contribution in [3.05, 3.63) is 57.0 Å². The van der Waals surface area contributed by atoms with Gasteiger partial charge in [-0.25, -0.2) is 4.39 Å². The summed E-state index contributed by atoms with van der Waals surface area (Å²) in [4.78, 5) is 3.93. The van der Waals surface area contributed by atoms with Crippen molar-refractivity contribution in [2.24, 2.45) is 0 Å². The summed E-state index contributed by atoms with van der Waals surface area (Å²) >= 11 is 9.18. The number of anilines is 1. The molecule has 0 fully saturated rings. The monoisotopic (exact) mass is 328 g/mol. The highest BCUT2D eigenvalue weighted by molar-refractivity contribution is 9.10. The highest BCUT2D eigenvalue weighted by Gasteiger charge is 2.06.